The average Bonchev–Trinajstić information content (AvgIpc) is 3.19. The molecule has 2 aromatic carbocycles. The van der Waals surface area contributed by atoms with Crippen LogP contribution in [-0.4, -0.2) is 46.0 Å². The SMILES string of the molecule is CCOc1c(I)cc(/C=N/NC(=O)Cn2nnc(-c3ccccc3)n2)cc1OC. The molecule has 9 nitrogen and oxygen atoms in total. The number of carbonyl (C=O) groups is 1. The molecular formula is C19H19IN6O3. The van der Waals surface area contributed by atoms with E-state index in [4.69, 9.17) is 9.47 Å². The fourth-order valence-electron chi connectivity index (χ4n) is 2.45. The first-order chi connectivity index (χ1) is 14.1. The van der Waals surface area contributed by atoms with Gasteiger partial charge in [0.25, 0.3) is 5.91 Å². The van der Waals surface area contributed by atoms with E-state index in [0.717, 1.165) is 14.7 Å². The van der Waals surface area contributed by atoms with Crippen LogP contribution in [0.5, 0.6) is 11.5 Å². The first-order valence-electron chi connectivity index (χ1n) is 8.76. The number of benzene rings is 2. The fraction of sp³-hybridized carbons (Fsp3) is 0.211. The Morgan fingerprint density at radius 1 is 1.31 bits per heavy atom. The lowest BCUT2D eigenvalue weighted by atomic mass is 10.2. The van der Waals surface area contributed by atoms with Gasteiger partial charge >= 0.3 is 0 Å². The highest BCUT2D eigenvalue weighted by Gasteiger charge is 2.11. The Morgan fingerprint density at radius 3 is 2.83 bits per heavy atom. The molecule has 1 amide bonds. The minimum absolute atomic E-state index is 0.0959. The number of methoxy groups -OCH3 is 1. The number of halogens is 1. The number of carbonyl (C=O) groups excluding carboxylic acids is 1. The molecule has 0 saturated heterocycles. The van der Waals surface area contributed by atoms with E-state index in [9.17, 15) is 4.79 Å². The molecule has 0 unspecified atom stereocenters. The summed E-state index contributed by atoms with van der Waals surface area (Å²) in [5.74, 6) is 1.37. The largest absolute Gasteiger partial charge is 0.493 e. The van der Waals surface area contributed by atoms with Crippen LogP contribution >= 0.6 is 22.6 Å². The molecule has 0 saturated carbocycles. The lowest BCUT2D eigenvalue weighted by Gasteiger charge is -2.12. The maximum Gasteiger partial charge on any atom is 0.263 e. The molecule has 1 N–H and O–H groups in total. The molecule has 1 aromatic heterocycles. The predicted molar refractivity (Wildman–Crippen MR) is 116 cm³/mol. The van der Waals surface area contributed by atoms with Gasteiger partial charge in [-0.15, -0.1) is 10.2 Å². The van der Waals surface area contributed by atoms with E-state index in [1.807, 2.05) is 43.3 Å². The van der Waals surface area contributed by atoms with Crippen molar-refractivity contribution in [3.8, 4) is 22.9 Å². The zero-order valence-electron chi connectivity index (χ0n) is 15.9. The molecule has 0 bridgehead atoms. The molecule has 3 aromatic rings. The molecule has 0 atom stereocenters. The smallest absolute Gasteiger partial charge is 0.263 e. The maximum absolute atomic E-state index is 12.1. The Labute approximate surface area is 181 Å². The van der Waals surface area contributed by atoms with Crippen LogP contribution in [0.1, 0.15) is 12.5 Å². The highest BCUT2D eigenvalue weighted by molar-refractivity contribution is 14.1. The van der Waals surface area contributed by atoms with Gasteiger partial charge in [-0.3, -0.25) is 4.79 Å². The monoisotopic (exact) mass is 506 g/mol. The zero-order valence-corrected chi connectivity index (χ0v) is 18.0. The summed E-state index contributed by atoms with van der Waals surface area (Å²) >= 11 is 2.16. The minimum atomic E-state index is -0.370. The van der Waals surface area contributed by atoms with E-state index >= 15 is 0 Å². The Balaban J connectivity index is 1.60. The van der Waals surface area contributed by atoms with Crippen LogP contribution in [-0.2, 0) is 11.3 Å². The third kappa shape index (κ3) is 5.50. The lowest BCUT2D eigenvalue weighted by molar-refractivity contribution is -0.122. The number of nitrogens with zero attached hydrogens (tertiary/aromatic N) is 5. The molecule has 29 heavy (non-hydrogen) atoms. The van der Waals surface area contributed by atoms with Crippen molar-refractivity contribution in [2.24, 2.45) is 5.10 Å². The quantitative estimate of drug-likeness (QED) is 0.286. The fourth-order valence-corrected chi connectivity index (χ4v) is 3.24. The van der Waals surface area contributed by atoms with Gasteiger partial charge < -0.3 is 9.47 Å². The van der Waals surface area contributed by atoms with Gasteiger partial charge in [0.15, 0.2) is 11.5 Å². The van der Waals surface area contributed by atoms with Crippen molar-refractivity contribution in [3.05, 3.63) is 51.6 Å². The van der Waals surface area contributed by atoms with Crippen molar-refractivity contribution in [2.75, 3.05) is 13.7 Å². The van der Waals surface area contributed by atoms with Crippen LogP contribution in [0.15, 0.2) is 47.6 Å². The van der Waals surface area contributed by atoms with Gasteiger partial charge in [0.1, 0.15) is 6.54 Å². The van der Waals surface area contributed by atoms with Crippen molar-refractivity contribution < 1.29 is 14.3 Å². The second-order valence-corrected chi connectivity index (χ2v) is 6.93. The van der Waals surface area contributed by atoms with Crippen molar-refractivity contribution >= 4 is 34.7 Å². The normalized spacial score (nSPS) is 10.9. The third-order valence-electron chi connectivity index (χ3n) is 3.71. The lowest BCUT2D eigenvalue weighted by Crippen LogP contribution is -2.24. The number of rotatable bonds is 8. The van der Waals surface area contributed by atoms with Gasteiger partial charge in [-0.1, -0.05) is 30.3 Å². The van der Waals surface area contributed by atoms with Crippen LogP contribution in [0, 0.1) is 3.57 Å². The molecule has 0 spiro atoms. The van der Waals surface area contributed by atoms with Gasteiger partial charge in [-0.25, -0.2) is 5.43 Å². The minimum Gasteiger partial charge on any atom is -0.493 e. The van der Waals surface area contributed by atoms with Crippen LogP contribution < -0.4 is 14.9 Å². The summed E-state index contributed by atoms with van der Waals surface area (Å²) in [5.41, 5.74) is 4.05. The van der Waals surface area contributed by atoms with Gasteiger partial charge in [0.2, 0.25) is 5.82 Å². The van der Waals surface area contributed by atoms with E-state index in [1.54, 1.807) is 13.2 Å². The molecular weight excluding hydrogens is 487 g/mol. The number of hydrazone groups is 1. The Morgan fingerprint density at radius 2 is 2.10 bits per heavy atom. The molecule has 0 aliphatic rings. The molecule has 0 aliphatic heterocycles. The van der Waals surface area contributed by atoms with Crippen LogP contribution in [0.3, 0.4) is 0 Å². The zero-order chi connectivity index (χ0) is 20.6. The summed E-state index contributed by atoms with van der Waals surface area (Å²) in [6.45, 7) is 2.35. The van der Waals surface area contributed by atoms with Gasteiger partial charge in [0, 0.05) is 5.56 Å². The maximum atomic E-state index is 12.1. The summed E-state index contributed by atoms with van der Waals surface area (Å²) in [6, 6.07) is 13.1. The number of hydrogen-bond acceptors (Lipinski definition) is 7. The van der Waals surface area contributed by atoms with E-state index in [1.165, 1.54) is 11.0 Å². The first-order valence-corrected chi connectivity index (χ1v) is 9.84. The third-order valence-corrected chi connectivity index (χ3v) is 4.51. The number of amides is 1. The van der Waals surface area contributed by atoms with E-state index in [-0.39, 0.29) is 12.5 Å². The van der Waals surface area contributed by atoms with Gasteiger partial charge in [-0.2, -0.15) is 9.90 Å². The van der Waals surface area contributed by atoms with Crippen LogP contribution in [0.2, 0.25) is 0 Å². The summed E-state index contributed by atoms with van der Waals surface area (Å²) in [7, 11) is 1.57. The number of aromatic nitrogens is 4. The van der Waals surface area contributed by atoms with Crippen molar-refractivity contribution in [3.63, 3.8) is 0 Å². The van der Waals surface area contributed by atoms with Crippen LogP contribution in [0.4, 0.5) is 0 Å². The molecule has 3 rings (SSSR count). The number of hydrogen-bond donors (Lipinski definition) is 1. The van der Waals surface area contributed by atoms with E-state index < -0.39 is 0 Å². The van der Waals surface area contributed by atoms with Crippen molar-refractivity contribution in [1.29, 1.82) is 0 Å². The molecule has 0 aliphatic carbocycles. The summed E-state index contributed by atoms with van der Waals surface area (Å²) < 4.78 is 11.8. The van der Waals surface area contributed by atoms with E-state index in [2.05, 4.69) is 48.5 Å². The number of tetrazole rings is 1. The van der Waals surface area contributed by atoms with Gasteiger partial charge in [-0.05, 0) is 52.4 Å². The average molecular weight is 506 g/mol. The molecule has 0 fully saturated rings. The summed E-state index contributed by atoms with van der Waals surface area (Å²) in [6.07, 6.45) is 1.53. The Bertz CT molecular complexity index is 1010. The van der Waals surface area contributed by atoms with Crippen molar-refractivity contribution in [2.45, 2.75) is 13.5 Å². The van der Waals surface area contributed by atoms with Crippen molar-refractivity contribution in [1.82, 2.24) is 25.6 Å². The van der Waals surface area contributed by atoms with E-state index in [0.29, 0.717) is 23.9 Å². The first kappa shape index (κ1) is 20.7. The number of ether oxygens (including phenoxy) is 2. The highest BCUT2D eigenvalue weighted by Crippen LogP contribution is 2.33. The standard InChI is InChI=1S/C19H19IN6O3/c1-3-29-18-15(20)9-13(10-16(18)28-2)11-21-22-17(27)12-26-24-19(23-25-26)14-7-5-4-6-8-14/h4-11H,3,12H2,1-2H3,(H,22,27)/b21-11+. The van der Waals surface area contributed by atoms with Crippen LogP contribution in [0.25, 0.3) is 11.4 Å². The predicted octanol–water partition coefficient (Wildman–Crippen LogP) is 2.50. The molecule has 1 heterocycles. The second-order valence-electron chi connectivity index (χ2n) is 5.77. The second kappa shape index (κ2) is 9.96. The highest BCUT2D eigenvalue weighted by atomic mass is 127. The summed E-state index contributed by atoms with van der Waals surface area (Å²) in [5, 5.41) is 16.0. The summed E-state index contributed by atoms with van der Waals surface area (Å²) in [4.78, 5) is 13.3. The topological polar surface area (TPSA) is 104 Å². The molecule has 10 heteroatoms. The molecule has 150 valence electrons. The molecule has 0 radical (unpaired) electrons. The Hall–Kier alpha value is -3.02. The number of nitrogens with one attached hydrogen (secondary N) is 1. The Kier molecular flexibility index (Phi) is 7.11. The van der Waals surface area contributed by atoms with Gasteiger partial charge in [0.05, 0.1) is 23.5 Å².